The Morgan fingerprint density at radius 2 is 2.33 bits per heavy atom. The minimum atomic E-state index is 0.506. The third-order valence-corrected chi connectivity index (χ3v) is 2.22. The molecule has 0 saturated heterocycles. The van der Waals surface area contributed by atoms with Gasteiger partial charge < -0.3 is 10.6 Å². The highest BCUT2D eigenvalue weighted by Crippen LogP contribution is 2.17. The second-order valence-electron chi connectivity index (χ2n) is 2.94. The largest absolute Gasteiger partial charge is 0.362 e. The van der Waals surface area contributed by atoms with Gasteiger partial charge in [-0.3, -0.25) is 0 Å². The number of rotatable bonds is 3. The van der Waals surface area contributed by atoms with E-state index in [-0.39, 0.29) is 0 Å². The van der Waals surface area contributed by atoms with E-state index < -0.39 is 0 Å². The summed E-state index contributed by atoms with van der Waals surface area (Å²) >= 11 is 5.01. The smallest absolute Gasteiger partial charge is 0.166 e. The Morgan fingerprint density at radius 1 is 1.58 bits per heavy atom. The Bertz CT molecular complexity index is 193. The zero-order chi connectivity index (χ0) is 8.81. The van der Waals surface area contributed by atoms with E-state index in [1.165, 1.54) is 19.3 Å². The van der Waals surface area contributed by atoms with Gasteiger partial charge in [0.25, 0.3) is 0 Å². The molecule has 0 aromatic heterocycles. The summed E-state index contributed by atoms with van der Waals surface area (Å²) < 4.78 is 0. The molecule has 2 N–H and O–H groups in total. The van der Waals surface area contributed by atoms with E-state index in [0.717, 1.165) is 0 Å². The van der Waals surface area contributed by atoms with Gasteiger partial charge in [0.1, 0.15) is 0 Å². The van der Waals surface area contributed by atoms with Crippen molar-refractivity contribution in [1.82, 2.24) is 10.6 Å². The second kappa shape index (κ2) is 4.94. The SMILES string of the molecule is N#CCCNC(=S)NC1CCC1. The summed E-state index contributed by atoms with van der Waals surface area (Å²) in [5.41, 5.74) is 0. The molecule has 1 aliphatic rings. The molecule has 1 fully saturated rings. The minimum absolute atomic E-state index is 0.506. The predicted octanol–water partition coefficient (Wildman–Crippen LogP) is 0.917. The molecule has 0 radical (unpaired) electrons. The van der Waals surface area contributed by atoms with Crippen molar-refractivity contribution in [3.8, 4) is 6.07 Å². The lowest BCUT2D eigenvalue weighted by Gasteiger charge is -2.27. The molecule has 0 spiro atoms. The molecule has 0 aromatic carbocycles. The van der Waals surface area contributed by atoms with Crippen LogP contribution in [0.5, 0.6) is 0 Å². The van der Waals surface area contributed by atoms with Crippen molar-refractivity contribution in [3.05, 3.63) is 0 Å². The van der Waals surface area contributed by atoms with Gasteiger partial charge in [-0.2, -0.15) is 5.26 Å². The summed E-state index contributed by atoms with van der Waals surface area (Å²) in [6.45, 7) is 0.648. The fraction of sp³-hybridized carbons (Fsp3) is 0.750. The molecule has 1 saturated carbocycles. The van der Waals surface area contributed by atoms with Crippen LogP contribution in [-0.4, -0.2) is 17.7 Å². The van der Waals surface area contributed by atoms with Crippen LogP contribution in [0.3, 0.4) is 0 Å². The van der Waals surface area contributed by atoms with Gasteiger partial charge in [0.2, 0.25) is 0 Å². The van der Waals surface area contributed by atoms with Crippen LogP contribution in [0.25, 0.3) is 0 Å². The van der Waals surface area contributed by atoms with E-state index in [1.807, 2.05) is 0 Å². The lowest BCUT2D eigenvalue weighted by Crippen LogP contribution is -2.45. The van der Waals surface area contributed by atoms with E-state index in [0.29, 0.717) is 24.1 Å². The van der Waals surface area contributed by atoms with Crippen LogP contribution in [0.4, 0.5) is 0 Å². The van der Waals surface area contributed by atoms with Crippen LogP contribution >= 0.6 is 12.2 Å². The van der Waals surface area contributed by atoms with E-state index >= 15 is 0 Å². The van der Waals surface area contributed by atoms with Crippen LogP contribution in [0.2, 0.25) is 0 Å². The van der Waals surface area contributed by atoms with Gasteiger partial charge in [-0.15, -0.1) is 0 Å². The number of nitrogens with one attached hydrogen (secondary N) is 2. The topological polar surface area (TPSA) is 47.9 Å². The van der Waals surface area contributed by atoms with Crippen LogP contribution in [0.15, 0.2) is 0 Å². The molecule has 0 aliphatic heterocycles. The normalized spacial score (nSPS) is 15.9. The molecule has 12 heavy (non-hydrogen) atoms. The highest BCUT2D eigenvalue weighted by molar-refractivity contribution is 7.80. The molecular formula is C8H13N3S. The maximum atomic E-state index is 8.26. The molecule has 0 atom stereocenters. The number of nitrogens with zero attached hydrogens (tertiary/aromatic N) is 1. The molecule has 0 aromatic rings. The monoisotopic (exact) mass is 183 g/mol. The Morgan fingerprint density at radius 3 is 2.83 bits per heavy atom. The number of hydrogen-bond donors (Lipinski definition) is 2. The molecule has 0 unspecified atom stereocenters. The summed E-state index contributed by atoms with van der Waals surface area (Å²) in [7, 11) is 0. The van der Waals surface area contributed by atoms with Crippen molar-refractivity contribution in [2.45, 2.75) is 31.7 Å². The van der Waals surface area contributed by atoms with Crippen molar-refractivity contribution >= 4 is 17.3 Å². The van der Waals surface area contributed by atoms with E-state index in [2.05, 4.69) is 16.7 Å². The maximum absolute atomic E-state index is 8.26. The van der Waals surface area contributed by atoms with Gasteiger partial charge in [0, 0.05) is 12.6 Å². The van der Waals surface area contributed by atoms with E-state index in [9.17, 15) is 0 Å². The Kier molecular flexibility index (Phi) is 3.81. The third-order valence-electron chi connectivity index (χ3n) is 1.96. The number of hydrogen-bond acceptors (Lipinski definition) is 2. The van der Waals surface area contributed by atoms with Crippen molar-refractivity contribution < 1.29 is 0 Å². The van der Waals surface area contributed by atoms with Crippen molar-refractivity contribution in [1.29, 1.82) is 5.26 Å². The van der Waals surface area contributed by atoms with Crippen LogP contribution in [0.1, 0.15) is 25.7 Å². The van der Waals surface area contributed by atoms with Gasteiger partial charge in [-0.05, 0) is 31.5 Å². The van der Waals surface area contributed by atoms with Crippen LogP contribution < -0.4 is 10.6 Å². The van der Waals surface area contributed by atoms with Crippen LogP contribution in [0, 0.1) is 11.3 Å². The quantitative estimate of drug-likeness (QED) is 0.504. The summed E-state index contributed by atoms with van der Waals surface area (Å²) in [6.07, 6.45) is 4.26. The van der Waals surface area contributed by atoms with Gasteiger partial charge in [-0.25, -0.2) is 0 Å². The fourth-order valence-corrected chi connectivity index (χ4v) is 1.29. The van der Waals surface area contributed by atoms with E-state index in [4.69, 9.17) is 17.5 Å². The Balaban J connectivity index is 2.00. The van der Waals surface area contributed by atoms with Gasteiger partial charge >= 0.3 is 0 Å². The van der Waals surface area contributed by atoms with Crippen molar-refractivity contribution in [2.24, 2.45) is 0 Å². The summed E-state index contributed by atoms with van der Waals surface area (Å²) in [5, 5.41) is 15.1. The molecular weight excluding hydrogens is 170 g/mol. The first-order valence-electron chi connectivity index (χ1n) is 4.24. The second-order valence-corrected chi connectivity index (χ2v) is 3.34. The zero-order valence-electron chi connectivity index (χ0n) is 6.97. The van der Waals surface area contributed by atoms with Gasteiger partial charge in [-0.1, -0.05) is 0 Å². The molecule has 0 heterocycles. The van der Waals surface area contributed by atoms with E-state index in [1.54, 1.807) is 0 Å². The predicted molar refractivity (Wildman–Crippen MR) is 51.6 cm³/mol. The minimum Gasteiger partial charge on any atom is -0.362 e. The lowest BCUT2D eigenvalue weighted by atomic mass is 9.93. The van der Waals surface area contributed by atoms with Crippen molar-refractivity contribution in [2.75, 3.05) is 6.54 Å². The van der Waals surface area contributed by atoms with Crippen LogP contribution in [-0.2, 0) is 0 Å². The molecule has 4 heteroatoms. The Hall–Kier alpha value is -0.820. The average molecular weight is 183 g/mol. The first kappa shape index (κ1) is 9.27. The summed E-state index contributed by atoms with van der Waals surface area (Å²) in [6, 6.07) is 2.63. The molecule has 3 nitrogen and oxygen atoms in total. The number of thiocarbonyl (C=S) groups is 1. The highest BCUT2D eigenvalue weighted by Gasteiger charge is 2.17. The van der Waals surface area contributed by atoms with Gasteiger partial charge in [0.05, 0.1) is 12.5 Å². The maximum Gasteiger partial charge on any atom is 0.166 e. The molecule has 0 bridgehead atoms. The molecule has 1 aliphatic carbocycles. The third kappa shape index (κ3) is 3.05. The molecule has 0 amide bonds. The molecule has 1 rings (SSSR count). The fourth-order valence-electron chi connectivity index (χ4n) is 1.02. The summed E-state index contributed by atoms with van der Waals surface area (Å²) in [5.74, 6) is 0. The molecule has 66 valence electrons. The number of nitriles is 1. The standard InChI is InChI=1S/C8H13N3S/c9-5-2-6-10-8(12)11-7-3-1-4-7/h7H,1-4,6H2,(H2,10,11,12). The highest BCUT2D eigenvalue weighted by atomic mass is 32.1. The summed E-state index contributed by atoms with van der Waals surface area (Å²) in [4.78, 5) is 0. The average Bonchev–Trinajstić information content (AvgIpc) is 1.98. The Labute approximate surface area is 78.1 Å². The first-order chi connectivity index (χ1) is 5.83. The lowest BCUT2D eigenvalue weighted by molar-refractivity contribution is 0.382. The van der Waals surface area contributed by atoms with Crippen molar-refractivity contribution in [3.63, 3.8) is 0 Å². The first-order valence-corrected chi connectivity index (χ1v) is 4.65. The van der Waals surface area contributed by atoms with Gasteiger partial charge in [0.15, 0.2) is 5.11 Å². The zero-order valence-corrected chi connectivity index (χ0v) is 7.78.